The highest BCUT2D eigenvalue weighted by Gasteiger charge is 2.30. The second kappa shape index (κ2) is 9.32. The Morgan fingerprint density at radius 1 is 1.23 bits per heavy atom. The number of ether oxygens (including phenoxy) is 1. The predicted octanol–water partition coefficient (Wildman–Crippen LogP) is 3.48. The molecule has 1 aromatic carbocycles. The van der Waals surface area contributed by atoms with Crippen LogP contribution in [0.2, 0.25) is 5.02 Å². The van der Waals surface area contributed by atoms with Crippen molar-refractivity contribution < 1.29 is 18.7 Å². The van der Waals surface area contributed by atoms with Gasteiger partial charge in [0.2, 0.25) is 11.8 Å². The molecule has 2 fully saturated rings. The van der Waals surface area contributed by atoms with Crippen LogP contribution in [0, 0.1) is 6.92 Å². The van der Waals surface area contributed by atoms with Crippen molar-refractivity contribution in [2.75, 3.05) is 19.6 Å². The first-order valence-electron chi connectivity index (χ1n) is 10.5. The van der Waals surface area contributed by atoms with E-state index < -0.39 is 12.3 Å². The zero-order valence-electron chi connectivity index (χ0n) is 17.4. The van der Waals surface area contributed by atoms with E-state index in [0.717, 1.165) is 22.4 Å². The van der Waals surface area contributed by atoms with Gasteiger partial charge in [0.15, 0.2) is 6.17 Å². The topological polar surface area (TPSA) is 71.5 Å². The molecule has 3 heterocycles. The van der Waals surface area contributed by atoms with Gasteiger partial charge in [-0.1, -0.05) is 11.6 Å². The molecule has 31 heavy (non-hydrogen) atoms. The lowest BCUT2D eigenvalue weighted by molar-refractivity contribution is -0.138. The Balaban J connectivity index is 1.52. The summed E-state index contributed by atoms with van der Waals surface area (Å²) in [6, 6.07) is 7.45. The molecule has 2 saturated heterocycles. The summed E-state index contributed by atoms with van der Waals surface area (Å²) in [5.41, 5.74) is 3.34. The van der Waals surface area contributed by atoms with Gasteiger partial charge in [-0.15, -0.1) is 0 Å². The number of aryl methyl sites for hydroxylation is 2. The zero-order valence-corrected chi connectivity index (χ0v) is 18.1. The zero-order chi connectivity index (χ0) is 22.0. The van der Waals surface area contributed by atoms with E-state index in [2.05, 4.69) is 10.3 Å². The van der Waals surface area contributed by atoms with E-state index in [4.69, 9.17) is 16.3 Å². The van der Waals surface area contributed by atoms with E-state index in [1.807, 2.05) is 31.2 Å². The van der Waals surface area contributed by atoms with Crippen molar-refractivity contribution in [3.8, 4) is 16.9 Å². The van der Waals surface area contributed by atoms with Gasteiger partial charge in [-0.25, -0.2) is 4.39 Å². The number of aromatic nitrogens is 1. The molecule has 1 aromatic heterocycles. The molecule has 2 atom stereocenters. The van der Waals surface area contributed by atoms with Gasteiger partial charge in [-0.3, -0.25) is 19.5 Å². The summed E-state index contributed by atoms with van der Waals surface area (Å²) in [5, 5.41) is 3.58. The van der Waals surface area contributed by atoms with Crippen LogP contribution in [0.3, 0.4) is 0 Å². The number of nitrogens with one attached hydrogen (secondary N) is 1. The van der Waals surface area contributed by atoms with Crippen molar-refractivity contribution in [2.24, 2.45) is 0 Å². The number of benzene rings is 1. The molecule has 164 valence electrons. The molecule has 2 amide bonds. The van der Waals surface area contributed by atoms with Crippen molar-refractivity contribution in [3.63, 3.8) is 0 Å². The fourth-order valence-electron chi connectivity index (χ4n) is 4.06. The lowest BCUT2D eigenvalue weighted by atomic mass is 10.0. The van der Waals surface area contributed by atoms with Crippen LogP contribution in [0.15, 0.2) is 30.5 Å². The second-order valence-corrected chi connectivity index (χ2v) is 8.44. The molecular weight excluding hydrogens is 421 g/mol. The fraction of sp³-hybridized carbons (Fsp3) is 0.435. The van der Waals surface area contributed by atoms with Gasteiger partial charge in [0.1, 0.15) is 11.9 Å². The van der Waals surface area contributed by atoms with Crippen LogP contribution in [0.1, 0.15) is 30.5 Å². The molecule has 0 saturated carbocycles. The molecule has 0 aliphatic carbocycles. The number of amides is 2. The number of pyridine rings is 1. The van der Waals surface area contributed by atoms with Gasteiger partial charge in [0.25, 0.3) is 0 Å². The summed E-state index contributed by atoms with van der Waals surface area (Å²) in [7, 11) is 0. The number of halogens is 2. The molecule has 2 aromatic rings. The van der Waals surface area contributed by atoms with Crippen LogP contribution in [-0.2, 0) is 16.0 Å². The Bertz CT molecular complexity index is 984. The van der Waals surface area contributed by atoms with Crippen LogP contribution < -0.4 is 10.1 Å². The maximum Gasteiger partial charge on any atom is 0.229 e. The lowest BCUT2D eigenvalue weighted by Crippen LogP contribution is -2.30. The largest absolute Gasteiger partial charge is 0.485 e. The van der Waals surface area contributed by atoms with Crippen molar-refractivity contribution in [1.82, 2.24) is 15.2 Å². The number of hydrogen-bond donors (Lipinski definition) is 1. The minimum Gasteiger partial charge on any atom is -0.485 e. The summed E-state index contributed by atoms with van der Waals surface area (Å²) in [6.07, 6.45) is 1.98. The van der Waals surface area contributed by atoms with Gasteiger partial charge in [0.05, 0.1) is 0 Å². The van der Waals surface area contributed by atoms with E-state index in [0.29, 0.717) is 49.5 Å². The number of hydrogen-bond acceptors (Lipinski definition) is 5. The molecule has 2 aliphatic rings. The van der Waals surface area contributed by atoms with Crippen LogP contribution in [0.25, 0.3) is 11.1 Å². The second-order valence-electron chi connectivity index (χ2n) is 8.01. The number of rotatable bonds is 7. The Hall–Kier alpha value is -2.51. The van der Waals surface area contributed by atoms with E-state index in [1.165, 1.54) is 4.90 Å². The normalized spacial score (nSPS) is 21.2. The first-order chi connectivity index (χ1) is 14.9. The van der Waals surface area contributed by atoms with Gasteiger partial charge in [0, 0.05) is 55.0 Å². The third-order valence-electron chi connectivity index (χ3n) is 5.69. The summed E-state index contributed by atoms with van der Waals surface area (Å²) in [6.45, 7) is 3.04. The Morgan fingerprint density at radius 3 is 2.71 bits per heavy atom. The van der Waals surface area contributed by atoms with Crippen LogP contribution >= 0.6 is 11.6 Å². The minimum absolute atomic E-state index is 0.101. The predicted molar refractivity (Wildman–Crippen MR) is 116 cm³/mol. The van der Waals surface area contributed by atoms with E-state index in [-0.39, 0.29) is 18.4 Å². The monoisotopic (exact) mass is 445 g/mol. The van der Waals surface area contributed by atoms with Gasteiger partial charge >= 0.3 is 0 Å². The summed E-state index contributed by atoms with van der Waals surface area (Å²) in [4.78, 5) is 29.3. The standard InChI is InChI=1S/C23H25ClFN3O3/c1-14-9-16(24)11-18(23(14)31-20-13-26-12-19(20)25)15-6-7-27-17(10-15)3-2-8-28-21(29)4-5-22(28)30/h6-7,9-11,19-20,26H,2-5,8,12-13H2,1H3/t19-,20?/m0/s1. The number of alkyl halides is 1. The third-order valence-corrected chi connectivity index (χ3v) is 5.91. The number of likely N-dealkylation sites (tertiary alicyclic amines) is 1. The first-order valence-corrected chi connectivity index (χ1v) is 10.9. The van der Waals surface area contributed by atoms with Gasteiger partial charge < -0.3 is 10.1 Å². The smallest absolute Gasteiger partial charge is 0.229 e. The quantitative estimate of drug-likeness (QED) is 0.660. The van der Waals surface area contributed by atoms with Crippen molar-refractivity contribution in [2.45, 2.75) is 44.9 Å². The van der Waals surface area contributed by atoms with Crippen LogP contribution in [0.4, 0.5) is 4.39 Å². The lowest BCUT2D eigenvalue weighted by Gasteiger charge is -2.20. The van der Waals surface area contributed by atoms with Crippen LogP contribution in [0.5, 0.6) is 5.75 Å². The van der Waals surface area contributed by atoms with Crippen LogP contribution in [-0.4, -0.2) is 53.6 Å². The summed E-state index contributed by atoms with van der Waals surface area (Å²) >= 11 is 6.31. The molecule has 1 N–H and O–H groups in total. The average Bonchev–Trinajstić information content (AvgIpc) is 3.29. The molecule has 0 bridgehead atoms. The highest BCUT2D eigenvalue weighted by Crippen LogP contribution is 2.37. The van der Waals surface area contributed by atoms with E-state index >= 15 is 0 Å². The Morgan fingerprint density at radius 2 is 2.00 bits per heavy atom. The summed E-state index contributed by atoms with van der Waals surface area (Å²) < 4.78 is 20.2. The number of carbonyl (C=O) groups is 2. The molecule has 4 rings (SSSR count). The number of nitrogens with zero attached hydrogens (tertiary/aromatic N) is 2. The number of carbonyl (C=O) groups excluding carboxylic acids is 2. The van der Waals surface area contributed by atoms with E-state index in [9.17, 15) is 14.0 Å². The first kappa shape index (κ1) is 21.7. The molecule has 6 nitrogen and oxygen atoms in total. The Kier molecular flexibility index (Phi) is 6.53. The highest BCUT2D eigenvalue weighted by molar-refractivity contribution is 6.31. The SMILES string of the molecule is Cc1cc(Cl)cc(-c2ccnc(CCCN3C(=O)CCC3=O)c2)c1OC1CNC[C@@H]1F. The average molecular weight is 446 g/mol. The van der Waals surface area contributed by atoms with Gasteiger partial charge in [-0.2, -0.15) is 0 Å². The maximum absolute atomic E-state index is 14.1. The summed E-state index contributed by atoms with van der Waals surface area (Å²) in [5.74, 6) is 0.414. The molecule has 2 aliphatic heterocycles. The minimum atomic E-state index is -1.06. The molecule has 0 spiro atoms. The molecule has 0 radical (unpaired) electrons. The molecule has 8 heteroatoms. The van der Waals surface area contributed by atoms with Gasteiger partial charge in [-0.05, 0) is 55.2 Å². The van der Waals surface area contributed by atoms with E-state index in [1.54, 1.807) is 6.20 Å². The van der Waals surface area contributed by atoms with Crippen molar-refractivity contribution >= 4 is 23.4 Å². The Labute approximate surface area is 185 Å². The molecular formula is C23H25ClFN3O3. The van der Waals surface area contributed by atoms with Crippen molar-refractivity contribution in [3.05, 3.63) is 46.7 Å². The molecule has 1 unspecified atom stereocenters. The van der Waals surface area contributed by atoms with Crippen molar-refractivity contribution in [1.29, 1.82) is 0 Å². The fourth-order valence-corrected chi connectivity index (χ4v) is 4.34. The number of imide groups is 1. The maximum atomic E-state index is 14.1. The third kappa shape index (κ3) is 4.88. The highest BCUT2D eigenvalue weighted by atomic mass is 35.5.